The highest BCUT2D eigenvalue weighted by Gasteiger charge is 2.23. The van der Waals surface area contributed by atoms with E-state index in [2.05, 4.69) is 24.9 Å². The van der Waals surface area contributed by atoms with E-state index in [1.807, 2.05) is 41.8 Å². The van der Waals surface area contributed by atoms with Crippen LogP contribution in [0, 0.1) is 6.92 Å². The summed E-state index contributed by atoms with van der Waals surface area (Å²) in [6, 6.07) is 11.9. The highest BCUT2D eigenvalue weighted by atomic mass is 16.3. The van der Waals surface area contributed by atoms with Crippen LogP contribution in [0.15, 0.2) is 52.2 Å². The first-order valence-electron chi connectivity index (χ1n) is 11.1. The molecule has 172 valence electrons. The van der Waals surface area contributed by atoms with E-state index < -0.39 is 11.2 Å². The van der Waals surface area contributed by atoms with Crippen molar-refractivity contribution in [3.05, 3.63) is 80.3 Å². The molecule has 0 radical (unpaired) electrons. The van der Waals surface area contributed by atoms with E-state index >= 15 is 0 Å². The minimum atomic E-state index is -0.442. The minimum Gasteiger partial charge on any atom is -0.396 e. The fraction of sp³-hybridized carbons (Fsp3) is 0.360. The van der Waals surface area contributed by atoms with Crippen LogP contribution < -0.4 is 11.2 Å². The molecule has 0 fully saturated rings. The van der Waals surface area contributed by atoms with Crippen LogP contribution in [-0.4, -0.2) is 35.4 Å². The van der Waals surface area contributed by atoms with E-state index in [9.17, 15) is 14.7 Å². The Morgan fingerprint density at radius 3 is 2.48 bits per heavy atom. The molecule has 0 aliphatic heterocycles. The number of rotatable bonds is 7. The zero-order valence-electron chi connectivity index (χ0n) is 19.4. The highest BCUT2D eigenvalue weighted by Crippen LogP contribution is 2.30. The Bertz CT molecular complexity index is 1410. The van der Waals surface area contributed by atoms with Crippen molar-refractivity contribution < 1.29 is 5.11 Å². The molecule has 3 aromatic heterocycles. The second kappa shape index (κ2) is 9.15. The summed E-state index contributed by atoms with van der Waals surface area (Å²) in [5.74, 6) is 0.876. The smallest absolute Gasteiger partial charge is 0.332 e. The zero-order valence-corrected chi connectivity index (χ0v) is 19.4. The number of aryl methyl sites for hydroxylation is 2. The van der Waals surface area contributed by atoms with Crippen molar-refractivity contribution in [2.75, 3.05) is 6.61 Å². The third kappa shape index (κ3) is 4.14. The second-order valence-electron chi connectivity index (χ2n) is 8.64. The van der Waals surface area contributed by atoms with E-state index in [-0.39, 0.29) is 19.1 Å². The molecule has 0 saturated heterocycles. The van der Waals surface area contributed by atoms with Crippen LogP contribution in [0.5, 0.6) is 0 Å². The van der Waals surface area contributed by atoms with Gasteiger partial charge in [0.1, 0.15) is 5.82 Å². The van der Waals surface area contributed by atoms with Crippen LogP contribution in [0.3, 0.4) is 0 Å². The average Bonchev–Trinajstić information content (AvgIpc) is 3.18. The lowest BCUT2D eigenvalue weighted by atomic mass is 9.97. The second-order valence-corrected chi connectivity index (χ2v) is 8.64. The molecule has 0 aliphatic carbocycles. The predicted octanol–water partition coefficient (Wildman–Crippen LogP) is 2.82. The molecule has 0 amide bonds. The van der Waals surface area contributed by atoms with Gasteiger partial charge in [-0.1, -0.05) is 44.2 Å². The van der Waals surface area contributed by atoms with Gasteiger partial charge in [0.15, 0.2) is 11.2 Å². The molecule has 3 heterocycles. The van der Waals surface area contributed by atoms with Crippen molar-refractivity contribution in [1.29, 1.82) is 0 Å². The molecule has 33 heavy (non-hydrogen) atoms. The average molecular weight is 448 g/mol. The van der Waals surface area contributed by atoms with Gasteiger partial charge in [0.25, 0.3) is 5.56 Å². The summed E-state index contributed by atoms with van der Waals surface area (Å²) >= 11 is 0. The number of aromatic nitrogens is 5. The van der Waals surface area contributed by atoms with Gasteiger partial charge in [-0.25, -0.2) is 9.78 Å². The van der Waals surface area contributed by atoms with Crippen LogP contribution >= 0.6 is 0 Å². The number of pyridine rings is 1. The Kier molecular flexibility index (Phi) is 6.29. The number of aliphatic hydroxyl groups is 1. The van der Waals surface area contributed by atoms with E-state index in [0.29, 0.717) is 30.0 Å². The first-order chi connectivity index (χ1) is 15.8. The van der Waals surface area contributed by atoms with E-state index in [1.165, 1.54) is 9.13 Å². The third-order valence-corrected chi connectivity index (χ3v) is 5.89. The lowest BCUT2D eigenvalue weighted by molar-refractivity contribution is 0.277. The number of fused-ring (bicyclic) bond motifs is 1. The van der Waals surface area contributed by atoms with Gasteiger partial charge in [-0.3, -0.25) is 18.9 Å². The van der Waals surface area contributed by atoms with Crippen molar-refractivity contribution in [2.24, 2.45) is 7.05 Å². The molecule has 1 aromatic carbocycles. The zero-order chi connectivity index (χ0) is 23.7. The number of benzene rings is 1. The monoisotopic (exact) mass is 447 g/mol. The van der Waals surface area contributed by atoms with E-state index in [1.54, 1.807) is 13.2 Å². The van der Waals surface area contributed by atoms with Crippen LogP contribution in [0.1, 0.15) is 43.0 Å². The van der Waals surface area contributed by atoms with Gasteiger partial charge in [0.2, 0.25) is 0 Å². The van der Waals surface area contributed by atoms with Crippen LogP contribution in [0.25, 0.3) is 22.6 Å². The first-order valence-corrected chi connectivity index (χ1v) is 11.1. The fourth-order valence-electron chi connectivity index (χ4n) is 4.12. The maximum absolute atomic E-state index is 13.5. The molecule has 4 aromatic rings. The van der Waals surface area contributed by atoms with Crippen LogP contribution in [0.4, 0.5) is 0 Å². The molecular formula is C25H29N5O3. The molecular weight excluding hydrogens is 418 g/mol. The predicted molar refractivity (Wildman–Crippen MR) is 129 cm³/mol. The number of hydrogen-bond acceptors (Lipinski definition) is 5. The largest absolute Gasteiger partial charge is 0.396 e. The van der Waals surface area contributed by atoms with Crippen molar-refractivity contribution in [2.45, 2.75) is 46.2 Å². The molecule has 1 N–H and O–H groups in total. The Balaban J connectivity index is 2.06. The first kappa shape index (κ1) is 22.7. The Morgan fingerprint density at radius 1 is 1.06 bits per heavy atom. The lowest BCUT2D eigenvalue weighted by Gasteiger charge is -2.14. The van der Waals surface area contributed by atoms with Gasteiger partial charge in [-0.2, -0.15) is 0 Å². The number of hydrogen-bond donors (Lipinski definition) is 1. The van der Waals surface area contributed by atoms with Gasteiger partial charge in [-0.05, 0) is 36.5 Å². The summed E-state index contributed by atoms with van der Waals surface area (Å²) in [5.41, 5.74) is 3.71. The minimum absolute atomic E-state index is 0.104. The van der Waals surface area contributed by atoms with Gasteiger partial charge in [0, 0.05) is 32.0 Å². The molecule has 8 nitrogen and oxygen atoms in total. The summed E-state index contributed by atoms with van der Waals surface area (Å²) < 4.78 is 4.46. The SMILES string of the molecule is Cc1ccc(Cn2c(-c3ccccc3C(C)C)nc3c2c(=O)n(CCCO)c(=O)n3C)nc1. The summed E-state index contributed by atoms with van der Waals surface area (Å²) in [5, 5.41) is 9.25. The summed E-state index contributed by atoms with van der Waals surface area (Å²) in [4.78, 5) is 35.8. The molecule has 0 aliphatic rings. The Morgan fingerprint density at radius 2 is 1.82 bits per heavy atom. The van der Waals surface area contributed by atoms with Crippen molar-refractivity contribution in [3.8, 4) is 11.4 Å². The standard InChI is InChI=1S/C25H29N5O3/c1-16(2)19-8-5-6-9-20(19)22-27-23-21(30(22)15-18-11-10-17(3)14-26-18)24(32)29(12-7-13-31)25(33)28(23)4/h5-6,8-11,14,16,31H,7,12-13,15H2,1-4H3. The normalized spacial score (nSPS) is 11.6. The van der Waals surface area contributed by atoms with Crippen molar-refractivity contribution in [1.82, 2.24) is 23.7 Å². The maximum Gasteiger partial charge on any atom is 0.332 e. The molecule has 0 saturated carbocycles. The summed E-state index contributed by atoms with van der Waals surface area (Å²) in [7, 11) is 1.62. The van der Waals surface area contributed by atoms with Gasteiger partial charge >= 0.3 is 5.69 Å². The van der Waals surface area contributed by atoms with Crippen LogP contribution in [-0.2, 0) is 20.1 Å². The molecule has 0 spiro atoms. The number of imidazole rings is 1. The highest BCUT2D eigenvalue weighted by molar-refractivity contribution is 5.78. The molecule has 0 bridgehead atoms. The molecule has 0 unspecified atom stereocenters. The Labute approximate surface area is 191 Å². The molecule has 0 atom stereocenters. The molecule has 4 rings (SSSR count). The van der Waals surface area contributed by atoms with E-state index in [0.717, 1.165) is 22.4 Å². The van der Waals surface area contributed by atoms with Gasteiger partial charge in [0.05, 0.1) is 12.2 Å². The quantitative estimate of drug-likeness (QED) is 0.470. The van der Waals surface area contributed by atoms with Gasteiger partial charge < -0.3 is 9.67 Å². The topological polar surface area (TPSA) is 94.9 Å². The lowest BCUT2D eigenvalue weighted by Crippen LogP contribution is -2.40. The number of nitrogens with zero attached hydrogens (tertiary/aromatic N) is 5. The third-order valence-electron chi connectivity index (χ3n) is 5.89. The van der Waals surface area contributed by atoms with E-state index in [4.69, 9.17) is 4.98 Å². The van der Waals surface area contributed by atoms with Crippen molar-refractivity contribution in [3.63, 3.8) is 0 Å². The molecule has 8 heteroatoms. The van der Waals surface area contributed by atoms with Crippen LogP contribution in [0.2, 0.25) is 0 Å². The maximum atomic E-state index is 13.5. The fourth-order valence-corrected chi connectivity index (χ4v) is 4.12. The summed E-state index contributed by atoms with van der Waals surface area (Å²) in [6.07, 6.45) is 2.11. The Hall–Kier alpha value is -3.52. The number of aliphatic hydroxyl groups excluding tert-OH is 1. The summed E-state index contributed by atoms with van der Waals surface area (Å²) in [6.45, 7) is 6.59. The van der Waals surface area contributed by atoms with Gasteiger partial charge in [-0.15, -0.1) is 0 Å². The van der Waals surface area contributed by atoms with Crippen molar-refractivity contribution >= 4 is 11.2 Å².